The summed E-state index contributed by atoms with van der Waals surface area (Å²) in [6.45, 7) is 2.92. The van der Waals surface area contributed by atoms with Gasteiger partial charge in [-0.1, -0.05) is 6.92 Å². The molecule has 0 N–H and O–H groups in total. The molecule has 0 spiro atoms. The number of ether oxygens (including phenoxy) is 1. The molecule has 0 aliphatic carbocycles. The first-order valence-corrected chi connectivity index (χ1v) is 10.1. The SMILES string of the molecule is CCCN(C(=O)CCCOc1ccc(F)cc1)C1CCS(=O)(=O)C1. The quantitative estimate of drug-likeness (QED) is 0.670. The number of rotatable bonds is 8. The number of hydrogen-bond donors (Lipinski definition) is 0. The average molecular weight is 357 g/mol. The minimum Gasteiger partial charge on any atom is -0.494 e. The summed E-state index contributed by atoms with van der Waals surface area (Å²) in [6, 6.07) is 5.54. The Morgan fingerprint density at radius 1 is 1.33 bits per heavy atom. The van der Waals surface area contributed by atoms with Gasteiger partial charge < -0.3 is 9.64 Å². The van der Waals surface area contributed by atoms with Crippen molar-refractivity contribution in [2.24, 2.45) is 0 Å². The monoisotopic (exact) mass is 357 g/mol. The molecule has 7 heteroatoms. The molecule has 24 heavy (non-hydrogen) atoms. The minimum atomic E-state index is -3.01. The molecule has 1 aliphatic rings. The first-order valence-electron chi connectivity index (χ1n) is 8.29. The van der Waals surface area contributed by atoms with Crippen LogP contribution < -0.4 is 4.74 Å². The van der Waals surface area contributed by atoms with Crippen LogP contribution in [-0.2, 0) is 14.6 Å². The molecular weight excluding hydrogens is 333 g/mol. The normalized spacial score (nSPS) is 19.2. The van der Waals surface area contributed by atoms with Crippen molar-refractivity contribution >= 4 is 15.7 Å². The van der Waals surface area contributed by atoms with Crippen molar-refractivity contribution in [1.82, 2.24) is 4.90 Å². The average Bonchev–Trinajstić information content (AvgIpc) is 2.90. The Hall–Kier alpha value is -1.63. The summed E-state index contributed by atoms with van der Waals surface area (Å²) >= 11 is 0. The molecule has 1 aromatic carbocycles. The molecule has 1 unspecified atom stereocenters. The van der Waals surface area contributed by atoms with Crippen molar-refractivity contribution in [3.05, 3.63) is 30.1 Å². The molecule has 1 saturated heterocycles. The van der Waals surface area contributed by atoms with Gasteiger partial charge in [0.15, 0.2) is 9.84 Å². The molecule has 1 heterocycles. The smallest absolute Gasteiger partial charge is 0.222 e. The standard InChI is InChI=1S/C17H24FNO4S/c1-2-10-19(15-9-12-24(21,22)13-15)17(20)4-3-11-23-16-7-5-14(18)6-8-16/h5-8,15H,2-4,9-13H2,1H3. The Morgan fingerprint density at radius 2 is 2.04 bits per heavy atom. The molecule has 2 rings (SSSR count). The van der Waals surface area contributed by atoms with E-state index in [1.54, 1.807) is 17.0 Å². The second kappa shape index (κ2) is 8.46. The third-order valence-electron chi connectivity index (χ3n) is 4.05. The van der Waals surface area contributed by atoms with Crippen LogP contribution in [0.15, 0.2) is 24.3 Å². The van der Waals surface area contributed by atoms with Crippen LogP contribution in [0.4, 0.5) is 4.39 Å². The highest BCUT2D eigenvalue weighted by Crippen LogP contribution is 2.19. The highest BCUT2D eigenvalue weighted by Gasteiger charge is 2.33. The lowest BCUT2D eigenvalue weighted by atomic mass is 10.2. The van der Waals surface area contributed by atoms with Crippen molar-refractivity contribution in [2.75, 3.05) is 24.7 Å². The van der Waals surface area contributed by atoms with E-state index >= 15 is 0 Å². The summed E-state index contributed by atoms with van der Waals surface area (Å²) in [7, 11) is -3.01. The van der Waals surface area contributed by atoms with E-state index in [1.165, 1.54) is 12.1 Å². The summed E-state index contributed by atoms with van der Waals surface area (Å²) in [5.41, 5.74) is 0. The lowest BCUT2D eigenvalue weighted by Gasteiger charge is -2.28. The van der Waals surface area contributed by atoms with E-state index in [0.29, 0.717) is 38.2 Å². The molecule has 1 aromatic rings. The summed E-state index contributed by atoms with van der Waals surface area (Å²) in [4.78, 5) is 14.1. The largest absolute Gasteiger partial charge is 0.494 e. The van der Waals surface area contributed by atoms with Crippen LogP contribution in [0.3, 0.4) is 0 Å². The molecule has 0 aromatic heterocycles. The van der Waals surface area contributed by atoms with Crippen LogP contribution in [0.5, 0.6) is 5.75 Å². The topological polar surface area (TPSA) is 63.7 Å². The Kier molecular flexibility index (Phi) is 6.60. The number of carbonyl (C=O) groups excluding carboxylic acids is 1. The Balaban J connectivity index is 1.79. The fourth-order valence-electron chi connectivity index (χ4n) is 2.86. The number of amides is 1. The van der Waals surface area contributed by atoms with Crippen molar-refractivity contribution in [1.29, 1.82) is 0 Å². The van der Waals surface area contributed by atoms with E-state index in [4.69, 9.17) is 4.74 Å². The van der Waals surface area contributed by atoms with Crippen molar-refractivity contribution in [3.63, 3.8) is 0 Å². The van der Waals surface area contributed by atoms with Crippen molar-refractivity contribution in [3.8, 4) is 5.75 Å². The van der Waals surface area contributed by atoms with Gasteiger partial charge in [-0.25, -0.2) is 12.8 Å². The van der Waals surface area contributed by atoms with Gasteiger partial charge in [0.2, 0.25) is 5.91 Å². The van der Waals surface area contributed by atoms with Gasteiger partial charge in [0.05, 0.1) is 18.1 Å². The first-order chi connectivity index (χ1) is 11.4. The van der Waals surface area contributed by atoms with Gasteiger partial charge in [-0.05, 0) is 43.5 Å². The summed E-state index contributed by atoms with van der Waals surface area (Å²) < 4.78 is 41.5. The van der Waals surface area contributed by atoms with E-state index in [1.807, 2.05) is 6.92 Å². The molecule has 5 nitrogen and oxygen atoms in total. The van der Waals surface area contributed by atoms with Crippen LogP contribution in [-0.4, -0.2) is 49.9 Å². The van der Waals surface area contributed by atoms with E-state index in [0.717, 1.165) is 6.42 Å². The van der Waals surface area contributed by atoms with Gasteiger partial charge in [-0.3, -0.25) is 4.79 Å². The Labute approximate surface area is 142 Å². The van der Waals surface area contributed by atoms with Gasteiger partial charge in [0.25, 0.3) is 0 Å². The highest BCUT2D eigenvalue weighted by molar-refractivity contribution is 7.91. The number of hydrogen-bond acceptors (Lipinski definition) is 4. The number of benzene rings is 1. The van der Waals surface area contributed by atoms with E-state index in [-0.39, 0.29) is 29.3 Å². The summed E-state index contributed by atoms with van der Waals surface area (Å²) in [6.07, 6.45) is 2.18. The zero-order chi connectivity index (χ0) is 17.6. The van der Waals surface area contributed by atoms with Gasteiger partial charge in [-0.2, -0.15) is 0 Å². The van der Waals surface area contributed by atoms with Gasteiger partial charge >= 0.3 is 0 Å². The predicted octanol–water partition coefficient (Wildman–Crippen LogP) is 2.41. The Morgan fingerprint density at radius 3 is 2.62 bits per heavy atom. The second-order valence-corrected chi connectivity index (χ2v) is 8.28. The maximum absolute atomic E-state index is 12.8. The molecule has 0 bridgehead atoms. The fraction of sp³-hybridized carbons (Fsp3) is 0.588. The molecule has 0 radical (unpaired) electrons. The summed E-state index contributed by atoms with van der Waals surface area (Å²) in [5, 5.41) is 0. The van der Waals surface area contributed by atoms with Crippen molar-refractivity contribution in [2.45, 2.75) is 38.6 Å². The molecule has 1 atom stereocenters. The predicted molar refractivity (Wildman–Crippen MR) is 90.2 cm³/mol. The third kappa shape index (κ3) is 5.47. The molecule has 1 fully saturated rings. The lowest BCUT2D eigenvalue weighted by Crippen LogP contribution is -2.41. The van der Waals surface area contributed by atoms with Crippen LogP contribution in [0.25, 0.3) is 0 Å². The van der Waals surface area contributed by atoms with Gasteiger partial charge in [0, 0.05) is 19.0 Å². The maximum Gasteiger partial charge on any atom is 0.222 e. The van der Waals surface area contributed by atoms with Gasteiger partial charge in [0.1, 0.15) is 11.6 Å². The number of nitrogens with zero attached hydrogens (tertiary/aromatic N) is 1. The fourth-order valence-corrected chi connectivity index (χ4v) is 4.59. The lowest BCUT2D eigenvalue weighted by molar-refractivity contribution is -0.133. The van der Waals surface area contributed by atoms with Gasteiger partial charge in [-0.15, -0.1) is 0 Å². The maximum atomic E-state index is 12.8. The molecule has 1 aliphatic heterocycles. The van der Waals surface area contributed by atoms with Crippen LogP contribution in [0.2, 0.25) is 0 Å². The zero-order valence-electron chi connectivity index (χ0n) is 13.9. The van der Waals surface area contributed by atoms with Crippen LogP contribution >= 0.6 is 0 Å². The first kappa shape index (κ1) is 18.7. The van der Waals surface area contributed by atoms with Crippen molar-refractivity contribution < 1.29 is 22.3 Å². The number of halogens is 1. The molecule has 134 valence electrons. The number of carbonyl (C=O) groups is 1. The van der Waals surface area contributed by atoms with E-state index < -0.39 is 9.84 Å². The molecule has 1 amide bonds. The zero-order valence-corrected chi connectivity index (χ0v) is 14.7. The number of sulfone groups is 1. The summed E-state index contributed by atoms with van der Waals surface area (Å²) in [5.74, 6) is 0.459. The van der Waals surface area contributed by atoms with E-state index in [2.05, 4.69) is 0 Å². The molecule has 0 saturated carbocycles. The van der Waals surface area contributed by atoms with Crippen LogP contribution in [0, 0.1) is 5.82 Å². The Bertz CT molecular complexity index is 645. The van der Waals surface area contributed by atoms with Crippen LogP contribution in [0.1, 0.15) is 32.6 Å². The second-order valence-electron chi connectivity index (χ2n) is 6.05. The van der Waals surface area contributed by atoms with E-state index in [9.17, 15) is 17.6 Å². The minimum absolute atomic E-state index is 0.0262. The molecular formula is C17H24FNO4S. The highest BCUT2D eigenvalue weighted by atomic mass is 32.2. The third-order valence-corrected chi connectivity index (χ3v) is 5.80.